The van der Waals surface area contributed by atoms with E-state index < -0.39 is 5.97 Å². The van der Waals surface area contributed by atoms with Crippen LogP contribution in [0.4, 0.5) is 0 Å². The molecule has 1 N–H and O–H groups in total. The molecule has 7 heteroatoms. The number of methoxy groups -OCH3 is 3. The Bertz CT molecular complexity index is 952. The number of aryl methyl sites for hydroxylation is 1. The zero-order valence-corrected chi connectivity index (χ0v) is 15.5. The van der Waals surface area contributed by atoms with Crippen molar-refractivity contribution in [3.8, 4) is 39.8 Å². The van der Waals surface area contributed by atoms with E-state index >= 15 is 0 Å². The maximum Gasteiger partial charge on any atom is 0.335 e. The van der Waals surface area contributed by atoms with Gasteiger partial charge in [0.15, 0.2) is 11.5 Å². The fourth-order valence-corrected chi connectivity index (χ4v) is 2.89. The lowest BCUT2D eigenvalue weighted by molar-refractivity contribution is 0.0697. The third-order valence-corrected chi connectivity index (χ3v) is 4.27. The van der Waals surface area contributed by atoms with Crippen molar-refractivity contribution < 1.29 is 24.1 Å². The van der Waals surface area contributed by atoms with E-state index in [1.165, 1.54) is 0 Å². The maximum atomic E-state index is 11.0. The summed E-state index contributed by atoms with van der Waals surface area (Å²) in [5, 5.41) is 13.6. The van der Waals surface area contributed by atoms with Crippen LogP contribution in [0.1, 0.15) is 10.4 Å². The molecule has 0 aliphatic rings. The lowest BCUT2D eigenvalue weighted by Crippen LogP contribution is -1.98. The van der Waals surface area contributed by atoms with Crippen molar-refractivity contribution in [1.29, 1.82) is 0 Å². The highest BCUT2D eigenvalue weighted by atomic mass is 16.5. The van der Waals surface area contributed by atoms with Crippen LogP contribution in [0.3, 0.4) is 0 Å². The van der Waals surface area contributed by atoms with Gasteiger partial charge in [0.25, 0.3) is 0 Å². The molecule has 1 aromatic heterocycles. The summed E-state index contributed by atoms with van der Waals surface area (Å²) in [6.07, 6.45) is 0. The van der Waals surface area contributed by atoms with E-state index in [-0.39, 0.29) is 5.56 Å². The van der Waals surface area contributed by atoms with Crippen LogP contribution in [0.15, 0.2) is 42.5 Å². The molecule has 0 radical (unpaired) electrons. The third-order valence-electron chi connectivity index (χ3n) is 4.27. The van der Waals surface area contributed by atoms with Gasteiger partial charge in [-0.25, -0.2) is 4.79 Å². The van der Waals surface area contributed by atoms with E-state index in [0.717, 1.165) is 22.5 Å². The SMILES string of the molecule is COc1cc(-c2cc(-c3ccc(C(=O)O)cc3)nn2C)cc(OC)c1OC. The highest BCUT2D eigenvalue weighted by molar-refractivity contribution is 5.88. The second kappa shape index (κ2) is 7.41. The summed E-state index contributed by atoms with van der Waals surface area (Å²) in [6, 6.07) is 12.2. The Morgan fingerprint density at radius 1 is 0.926 bits per heavy atom. The second-order valence-electron chi connectivity index (χ2n) is 5.83. The minimum atomic E-state index is -0.958. The topological polar surface area (TPSA) is 82.8 Å². The molecule has 0 bridgehead atoms. The molecule has 0 unspecified atom stereocenters. The Morgan fingerprint density at radius 3 is 2.00 bits per heavy atom. The van der Waals surface area contributed by atoms with Gasteiger partial charge >= 0.3 is 5.97 Å². The fraction of sp³-hybridized carbons (Fsp3) is 0.200. The average molecular weight is 368 g/mol. The van der Waals surface area contributed by atoms with E-state index in [1.54, 1.807) is 50.3 Å². The maximum absolute atomic E-state index is 11.0. The molecule has 2 aromatic carbocycles. The first kappa shape index (κ1) is 18.3. The average Bonchev–Trinajstić information content (AvgIpc) is 3.08. The zero-order valence-electron chi connectivity index (χ0n) is 15.5. The molecular formula is C20H20N2O5. The summed E-state index contributed by atoms with van der Waals surface area (Å²) in [4.78, 5) is 11.0. The van der Waals surface area contributed by atoms with Crippen molar-refractivity contribution in [2.24, 2.45) is 7.05 Å². The third kappa shape index (κ3) is 3.44. The molecule has 0 saturated carbocycles. The molecule has 0 amide bonds. The second-order valence-corrected chi connectivity index (χ2v) is 5.83. The summed E-state index contributed by atoms with van der Waals surface area (Å²) in [6.45, 7) is 0. The summed E-state index contributed by atoms with van der Waals surface area (Å²) < 4.78 is 18.0. The van der Waals surface area contributed by atoms with Gasteiger partial charge in [-0.3, -0.25) is 4.68 Å². The summed E-state index contributed by atoms with van der Waals surface area (Å²) in [5.41, 5.74) is 3.51. The van der Waals surface area contributed by atoms with Crippen molar-refractivity contribution >= 4 is 5.97 Å². The Morgan fingerprint density at radius 2 is 1.52 bits per heavy atom. The summed E-state index contributed by atoms with van der Waals surface area (Å²) in [5.74, 6) is 0.678. The molecule has 140 valence electrons. The van der Waals surface area contributed by atoms with Crippen LogP contribution in [0, 0.1) is 0 Å². The predicted octanol–water partition coefficient (Wildman–Crippen LogP) is 3.48. The number of carboxylic acid groups (broad SMARTS) is 1. The number of carbonyl (C=O) groups is 1. The van der Waals surface area contributed by atoms with Crippen LogP contribution in [0.2, 0.25) is 0 Å². The molecule has 0 spiro atoms. The van der Waals surface area contributed by atoms with Crippen LogP contribution in [-0.4, -0.2) is 42.2 Å². The van der Waals surface area contributed by atoms with Crippen LogP contribution in [-0.2, 0) is 7.05 Å². The van der Waals surface area contributed by atoms with Crippen LogP contribution in [0.25, 0.3) is 22.5 Å². The standard InChI is InChI=1S/C20H20N2O5/c1-22-16(14-9-17(25-2)19(27-4)18(10-14)26-3)11-15(21-22)12-5-7-13(8-6-12)20(23)24/h5-11H,1-4H3,(H,23,24). The zero-order chi connectivity index (χ0) is 19.6. The Balaban J connectivity index is 2.05. The Hall–Kier alpha value is -3.48. The quantitative estimate of drug-likeness (QED) is 0.717. The normalized spacial score (nSPS) is 10.5. The first-order valence-electron chi connectivity index (χ1n) is 8.16. The first-order valence-corrected chi connectivity index (χ1v) is 8.16. The molecule has 0 saturated heterocycles. The van der Waals surface area contributed by atoms with Gasteiger partial charge in [0.1, 0.15) is 0 Å². The number of benzene rings is 2. The van der Waals surface area contributed by atoms with Crippen molar-refractivity contribution in [2.45, 2.75) is 0 Å². The van der Waals surface area contributed by atoms with Gasteiger partial charge in [-0.1, -0.05) is 12.1 Å². The number of hydrogen-bond acceptors (Lipinski definition) is 5. The van der Waals surface area contributed by atoms with Gasteiger partial charge in [0.05, 0.1) is 38.3 Å². The predicted molar refractivity (Wildman–Crippen MR) is 101 cm³/mol. The van der Waals surface area contributed by atoms with E-state index in [2.05, 4.69) is 5.10 Å². The van der Waals surface area contributed by atoms with Gasteiger partial charge in [0, 0.05) is 18.2 Å². The highest BCUT2D eigenvalue weighted by Gasteiger charge is 2.17. The lowest BCUT2D eigenvalue weighted by Gasteiger charge is -2.14. The Labute approximate surface area is 156 Å². The number of nitrogens with zero attached hydrogens (tertiary/aromatic N) is 2. The van der Waals surface area contributed by atoms with E-state index in [1.807, 2.05) is 25.2 Å². The molecular weight excluding hydrogens is 348 g/mol. The number of aromatic nitrogens is 2. The molecule has 0 aliphatic heterocycles. The van der Waals surface area contributed by atoms with Crippen LogP contribution < -0.4 is 14.2 Å². The number of carboxylic acids is 1. The first-order chi connectivity index (χ1) is 13.0. The Kier molecular flexibility index (Phi) is 5.03. The summed E-state index contributed by atoms with van der Waals surface area (Å²) in [7, 11) is 6.54. The fourth-order valence-electron chi connectivity index (χ4n) is 2.89. The smallest absolute Gasteiger partial charge is 0.335 e. The van der Waals surface area contributed by atoms with E-state index in [0.29, 0.717) is 17.2 Å². The van der Waals surface area contributed by atoms with Gasteiger partial charge in [0.2, 0.25) is 5.75 Å². The van der Waals surface area contributed by atoms with Crippen molar-refractivity contribution in [3.05, 3.63) is 48.0 Å². The number of rotatable bonds is 6. The monoisotopic (exact) mass is 368 g/mol. The van der Waals surface area contributed by atoms with Crippen LogP contribution in [0.5, 0.6) is 17.2 Å². The molecule has 1 heterocycles. The van der Waals surface area contributed by atoms with Gasteiger partial charge in [-0.15, -0.1) is 0 Å². The molecule has 0 aliphatic carbocycles. The molecule has 7 nitrogen and oxygen atoms in total. The molecule has 0 fully saturated rings. The molecule has 27 heavy (non-hydrogen) atoms. The van der Waals surface area contributed by atoms with Crippen molar-refractivity contribution in [3.63, 3.8) is 0 Å². The largest absolute Gasteiger partial charge is 0.493 e. The number of ether oxygens (including phenoxy) is 3. The van der Waals surface area contributed by atoms with Crippen molar-refractivity contribution in [1.82, 2.24) is 9.78 Å². The number of aromatic carboxylic acids is 1. The summed E-state index contributed by atoms with van der Waals surface area (Å²) >= 11 is 0. The van der Waals surface area contributed by atoms with E-state index in [9.17, 15) is 4.79 Å². The molecule has 0 atom stereocenters. The minimum absolute atomic E-state index is 0.236. The highest BCUT2D eigenvalue weighted by Crippen LogP contribution is 2.41. The van der Waals surface area contributed by atoms with Crippen molar-refractivity contribution in [2.75, 3.05) is 21.3 Å². The molecule has 3 rings (SSSR count). The lowest BCUT2D eigenvalue weighted by atomic mass is 10.1. The van der Waals surface area contributed by atoms with Gasteiger partial charge in [-0.05, 0) is 30.3 Å². The van der Waals surface area contributed by atoms with Gasteiger partial charge < -0.3 is 19.3 Å². The molecule has 3 aromatic rings. The van der Waals surface area contributed by atoms with Gasteiger partial charge in [-0.2, -0.15) is 5.10 Å². The van der Waals surface area contributed by atoms with E-state index in [4.69, 9.17) is 19.3 Å². The minimum Gasteiger partial charge on any atom is -0.493 e. The van der Waals surface area contributed by atoms with Crippen LogP contribution >= 0.6 is 0 Å². The number of hydrogen-bond donors (Lipinski definition) is 1.